The van der Waals surface area contributed by atoms with Gasteiger partial charge in [-0.15, -0.1) is 0 Å². The number of rotatable bonds is 6. The van der Waals surface area contributed by atoms with Crippen LogP contribution >= 0.6 is 0 Å². The number of nitrogens with zero attached hydrogens (tertiary/aromatic N) is 1. The van der Waals surface area contributed by atoms with Gasteiger partial charge in [0.2, 0.25) is 5.91 Å². The zero-order valence-corrected chi connectivity index (χ0v) is 14.4. The van der Waals surface area contributed by atoms with Gasteiger partial charge in [-0.2, -0.15) is 5.26 Å². The Balaban J connectivity index is 1.91. The van der Waals surface area contributed by atoms with Crippen LogP contribution in [-0.2, 0) is 4.79 Å². The molecular formula is C20H23N3O. The van der Waals surface area contributed by atoms with Gasteiger partial charge in [-0.25, -0.2) is 0 Å². The molecule has 2 aromatic carbocycles. The molecule has 2 N–H and O–H groups in total. The first-order valence-corrected chi connectivity index (χ1v) is 8.14. The number of nitriles is 1. The molecule has 0 aromatic heterocycles. The summed E-state index contributed by atoms with van der Waals surface area (Å²) in [5, 5.41) is 15.0. The van der Waals surface area contributed by atoms with Crippen LogP contribution in [-0.4, -0.2) is 12.5 Å². The van der Waals surface area contributed by atoms with E-state index in [0.29, 0.717) is 24.4 Å². The summed E-state index contributed by atoms with van der Waals surface area (Å²) in [6, 6.07) is 15.4. The quantitative estimate of drug-likeness (QED) is 0.827. The molecule has 0 radical (unpaired) electrons. The van der Waals surface area contributed by atoms with Crippen LogP contribution in [0.2, 0.25) is 0 Å². The lowest BCUT2D eigenvalue weighted by atomic mass is 9.98. The molecule has 1 amide bonds. The molecule has 0 saturated heterocycles. The Labute approximate surface area is 143 Å². The Hall–Kier alpha value is -2.80. The lowest BCUT2D eigenvalue weighted by Crippen LogP contribution is -2.18. The number of hydrogen-bond acceptors (Lipinski definition) is 3. The zero-order chi connectivity index (χ0) is 17.5. The molecule has 0 spiro atoms. The maximum Gasteiger partial charge on any atom is 0.226 e. The molecule has 0 saturated carbocycles. The van der Waals surface area contributed by atoms with E-state index in [0.717, 1.165) is 22.5 Å². The number of carbonyl (C=O) groups excluding carboxylic acids is 1. The van der Waals surface area contributed by atoms with E-state index in [1.165, 1.54) is 0 Å². The van der Waals surface area contributed by atoms with Gasteiger partial charge in [-0.05, 0) is 48.2 Å². The summed E-state index contributed by atoms with van der Waals surface area (Å²) in [7, 11) is 0. The molecule has 0 bridgehead atoms. The standard InChI is InChI=1S/C20H23N3O/c1-14(2)18-6-4-5-15(3)20(18)23-19(24)11-12-22-17-9-7-16(13-21)8-10-17/h4-10,14,22H,11-12H2,1-3H3,(H,23,24). The summed E-state index contributed by atoms with van der Waals surface area (Å²) in [5.74, 6) is 0.351. The fraction of sp³-hybridized carbons (Fsp3) is 0.300. The number of aryl methyl sites for hydroxylation is 1. The largest absolute Gasteiger partial charge is 0.385 e. The highest BCUT2D eigenvalue weighted by molar-refractivity contribution is 5.92. The predicted octanol–water partition coefficient (Wildman–Crippen LogP) is 4.43. The fourth-order valence-electron chi connectivity index (χ4n) is 2.53. The fourth-order valence-corrected chi connectivity index (χ4v) is 2.53. The number of nitrogens with one attached hydrogen (secondary N) is 2. The first kappa shape index (κ1) is 17.6. The van der Waals surface area contributed by atoms with Gasteiger partial charge in [-0.3, -0.25) is 4.79 Å². The van der Waals surface area contributed by atoms with Crippen molar-refractivity contribution < 1.29 is 4.79 Å². The van der Waals surface area contributed by atoms with Crippen LogP contribution in [0.4, 0.5) is 11.4 Å². The molecule has 24 heavy (non-hydrogen) atoms. The molecule has 2 aromatic rings. The van der Waals surface area contributed by atoms with Crippen LogP contribution in [0.5, 0.6) is 0 Å². The minimum atomic E-state index is -0.00709. The van der Waals surface area contributed by atoms with Crippen LogP contribution in [0.25, 0.3) is 0 Å². The molecular weight excluding hydrogens is 298 g/mol. The van der Waals surface area contributed by atoms with Crippen molar-refractivity contribution in [1.29, 1.82) is 5.26 Å². The average Bonchev–Trinajstić information content (AvgIpc) is 2.57. The number of hydrogen-bond donors (Lipinski definition) is 2. The zero-order valence-electron chi connectivity index (χ0n) is 14.4. The maximum absolute atomic E-state index is 12.2. The van der Waals surface area contributed by atoms with E-state index in [1.807, 2.05) is 31.2 Å². The highest BCUT2D eigenvalue weighted by Gasteiger charge is 2.11. The van der Waals surface area contributed by atoms with E-state index in [4.69, 9.17) is 5.26 Å². The first-order valence-electron chi connectivity index (χ1n) is 8.14. The normalized spacial score (nSPS) is 10.3. The Bertz CT molecular complexity index is 742. The molecule has 0 aliphatic rings. The summed E-state index contributed by atoms with van der Waals surface area (Å²) in [5.41, 5.74) is 4.69. The average molecular weight is 321 g/mol. The van der Waals surface area contributed by atoms with Gasteiger partial charge in [-0.1, -0.05) is 32.0 Å². The third-order valence-corrected chi connectivity index (χ3v) is 3.89. The molecule has 124 valence electrons. The summed E-state index contributed by atoms with van der Waals surface area (Å²) in [6.07, 6.45) is 0.381. The second-order valence-electron chi connectivity index (χ2n) is 6.11. The molecule has 4 nitrogen and oxygen atoms in total. The minimum absolute atomic E-state index is 0.00709. The molecule has 0 unspecified atom stereocenters. The van der Waals surface area contributed by atoms with Crippen LogP contribution in [0.3, 0.4) is 0 Å². The van der Waals surface area contributed by atoms with E-state index in [1.54, 1.807) is 12.1 Å². The molecule has 0 aliphatic carbocycles. The van der Waals surface area contributed by atoms with Crippen LogP contribution in [0.15, 0.2) is 42.5 Å². The number of benzene rings is 2. The third kappa shape index (κ3) is 4.60. The van der Waals surface area contributed by atoms with Gasteiger partial charge in [0.25, 0.3) is 0 Å². The smallest absolute Gasteiger partial charge is 0.226 e. The Morgan fingerprint density at radius 1 is 1.17 bits per heavy atom. The molecule has 4 heteroatoms. The van der Waals surface area contributed by atoms with Crippen molar-refractivity contribution in [1.82, 2.24) is 0 Å². The van der Waals surface area contributed by atoms with E-state index in [9.17, 15) is 4.79 Å². The second kappa shape index (κ2) is 8.16. The molecule has 0 aliphatic heterocycles. The summed E-state index contributed by atoms with van der Waals surface area (Å²) in [4.78, 5) is 12.2. The van der Waals surface area contributed by atoms with Crippen molar-refractivity contribution in [3.63, 3.8) is 0 Å². The minimum Gasteiger partial charge on any atom is -0.385 e. The number of anilines is 2. The lowest BCUT2D eigenvalue weighted by Gasteiger charge is -2.16. The van der Waals surface area contributed by atoms with Gasteiger partial charge < -0.3 is 10.6 Å². The van der Waals surface area contributed by atoms with E-state index < -0.39 is 0 Å². The third-order valence-electron chi connectivity index (χ3n) is 3.89. The summed E-state index contributed by atoms with van der Waals surface area (Å²) in [6.45, 7) is 6.80. The van der Waals surface area contributed by atoms with Crippen LogP contribution in [0.1, 0.15) is 42.9 Å². The van der Waals surface area contributed by atoms with Crippen molar-refractivity contribution >= 4 is 17.3 Å². The second-order valence-corrected chi connectivity index (χ2v) is 6.11. The lowest BCUT2D eigenvalue weighted by molar-refractivity contribution is -0.115. The van der Waals surface area contributed by atoms with E-state index >= 15 is 0 Å². The first-order chi connectivity index (χ1) is 11.5. The highest BCUT2D eigenvalue weighted by atomic mass is 16.1. The monoisotopic (exact) mass is 321 g/mol. The maximum atomic E-state index is 12.2. The number of amides is 1. The van der Waals surface area contributed by atoms with Gasteiger partial charge in [0.15, 0.2) is 0 Å². The SMILES string of the molecule is Cc1cccc(C(C)C)c1NC(=O)CCNc1ccc(C#N)cc1. The van der Waals surface area contributed by atoms with Crippen molar-refractivity contribution in [3.8, 4) is 6.07 Å². The van der Waals surface area contributed by atoms with Crippen molar-refractivity contribution in [2.24, 2.45) is 0 Å². The van der Waals surface area contributed by atoms with Crippen molar-refractivity contribution in [3.05, 3.63) is 59.2 Å². The summed E-state index contributed by atoms with van der Waals surface area (Å²) >= 11 is 0. The molecule has 0 heterocycles. The number of para-hydroxylation sites is 1. The molecule has 0 atom stereocenters. The van der Waals surface area contributed by atoms with Gasteiger partial charge >= 0.3 is 0 Å². The van der Waals surface area contributed by atoms with Crippen molar-refractivity contribution in [2.45, 2.75) is 33.1 Å². The highest BCUT2D eigenvalue weighted by Crippen LogP contribution is 2.27. The molecule has 2 rings (SSSR count). The van der Waals surface area contributed by atoms with E-state index in [2.05, 4.69) is 36.6 Å². The Morgan fingerprint density at radius 2 is 1.88 bits per heavy atom. The van der Waals surface area contributed by atoms with Crippen molar-refractivity contribution in [2.75, 3.05) is 17.2 Å². The summed E-state index contributed by atoms with van der Waals surface area (Å²) < 4.78 is 0. The van der Waals surface area contributed by atoms with Gasteiger partial charge in [0, 0.05) is 24.3 Å². The van der Waals surface area contributed by atoms with Gasteiger partial charge in [0.1, 0.15) is 0 Å². The Kier molecular flexibility index (Phi) is 5.97. The predicted molar refractivity (Wildman–Crippen MR) is 98.2 cm³/mol. The topological polar surface area (TPSA) is 64.9 Å². The van der Waals surface area contributed by atoms with Crippen LogP contribution < -0.4 is 10.6 Å². The molecule has 0 fully saturated rings. The van der Waals surface area contributed by atoms with Gasteiger partial charge in [0.05, 0.1) is 11.6 Å². The van der Waals surface area contributed by atoms with E-state index in [-0.39, 0.29) is 5.91 Å². The van der Waals surface area contributed by atoms with Crippen LogP contribution in [0, 0.1) is 18.3 Å². The Morgan fingerprint density at radius 3 is 2.50 bits per heavy atom. The number of carbonyl (C=O) groups is 1.